The highest BCUT2D eigenvalue weighted by Crippen LogP contribution is 2.81. The van der Waals surface area contributed by atoms with E-state index < -0.39 is 10.0 Å². The van der Waals surface area contributed by atoms with Crippen molar-refractivity contribution in [2.45, 2.75) is 21.6 Å². The molecule has 5 aromatic rings. The van der Waals surface area contributed by atoms with Gasteiger partial charge in [0.25, 0.3) is 0 Å². The molecule has 0 amide bonds. The van der Waals surface area contributed by atoms with Crippen LogP contribution in [0.4, 0.5) is 0 Å². The average Bonchev–Trinajstić information content (AvgIpc) is 3.21. The van der Waals surface area contributed by atoms with Crippen molar-refractivity contribution in [2.24, 2.45) is 0 Å². The first kappa shape index (κ1) is 20.6. The van der Waals surface area contributed by atoms with E-state index in [1.54, 1.807) is 0 Å². The van der Waals surface area contributed by atoms with Crippen LogP contribution in [-0.2, 0) is 0 Å². The molecule has 0 spiro atoms. The Morgan fingerprint density at radius 3 is 1.74 bits per heavy atom. The van der Waals surface area contributed by atoms with Gasteiger partial charge in [-0.25, -0.2) is 0 Å². The molecule has 0 atom stereocenters. The Balaban J connectivity index is 1.91. The molecule has 0 fully saturated rings. The molecule has 0 N–H and O–H groups in total. The van der Waals surface area contributed by atoms with Crippen molar-refractivity contribution in [3.05, 3.63) is 126 Å². The lowest BCUT2D eigenvalue weighted by molar-refractivity contribution is 1.37. The monoisotopic (exact) mass is 452 g/mol. The highest BCUT2D eigenvalue weighted by atomic mass is 32.3. The summed E-state index contributed by atoms with van der Waals surface area (Å²) in [6.45, 7) is 2.07. The minimum Gasteiger partial charge on any atom is -0.131 e. The fourth-order valence-electron chi connectivity index (χ4n) is 5.40. The molecular weight excluding hydrogens is 428 g/mol. The summed E-state index contributed by atoms with van der Waals surface area (Å²) in [5.41, 5.74) is 2.69. The standard InChI is InChI=1S/C33H24S/c1-3-12-26(13-4-2)34(27-16-6-5-7-17-27)30-22-20-24-14-8-10-18-28(24)32(30)33-29-19-11-9-15-25(29)21-23-31(33)34/h1,4-23H,2H3/b13-4-,26-12+. The Morgan fingerprint density at radius 2 is 1.21 bits per heavy atom. The minimum atomic E-state index is -1.77. The SMILES string of the molecule is C#C/C=C(\C=C/C)S1(c2ccccc2)c2ccc3ccccc3c2-c2c1ccc1ccccc21. The smallest absolute Gasteiger partial charge is 0.0109 e. The van der Waals surface area contributed by atoms with Crippen molar-refractivity contribution >= 4 is 31.6 Å². The molecule has 1 heteroatoms. The van der Waals surface area contributed by atoms with Crippen LogP contribution >= 0.6 is 10.0 Å². The molecule has 0 aromatic heterocycles. The number of allylic oxidation sites excluding steroid dienone is 3. The summed E-state index contributed by atoms with van der Waals surface area (Å²) in [4.78, 5) is 5.22. The van der Waals surface area contributed by atoms with E-state index in [-0.39, 0.29) is 0 Å². The van der Waals surface area contributed by atoms with Gasteiger partial charge >= 0.3 is 0 Å². The van der Waals surface area contributed by atoms with Crippen molar-refractivity contribution in [1.29, 1.82) is 0 Å². The van der Waals surface area contributed by atoms with E-state index in [4.69, 9.17) is 6.42 Å². The van der Waals surface area contributed by atoms with E-state index in [9.17, 15) is 0 Å². The molecule has 0 saturated carbocycles. The van der Waals surface area contributed by atoms with Gasteiger partial charge in [0.05, 0.1) is 0 Å². The molecular formula is C33H24S. The predicted octanol–water partition coefficient (Wildman–Crippen LogP) is 9.35. The fraction of sp³-hybridized carbons (Fsp3) is 0.0303. The second-order valence-corrected chi connectivity index (χ2v) is 11.5. The van der Waals surface area contributed by atoms with E-state index in [0.29, 0.717) is 0 Å². The first-order chi connectivity index (χ1) is 16.8. The average molecular weight is 453 g/mol. The van der Waals surface area contributed by atoms with Gasteiger partial charge in [-0.15, -0.1) is 16.5 Å². The largest absolute Gasteiger partial charge is 0.131 e. The van der Waals surface area contributed by atoms with Crippen LogP contribution in [0, 0.1) is 12.3 Å². The lowest BCUT2D eigenvalue weighted by Gasteiger charge is -2.40. The van der Waals surface area contributed by atoms with E-state index in [2.05, 4.69) is 128 Å². The molecule has 34 heavy (non-hydrogen) atoms. The van der Waals surface area contributed by atoms with Gasteiger partial charge in [0.2, 0.25) is 0 Å². The molecule has 0 aliphatic carbocycles. The first-order valence-electron chi connectivity index (χ1n) is 11.5. The summed E-state index contributed by atoms with van der Waals surface area (Å²) in [7, 11) is -1.77. The summed E-state index contributed by atoms with van der Waals surface area (Å²) < 4.78 is 0. The van der Waals surface area contributed by atoms with Crippen LogP contribution in [0.1, 0.15) is 6.92 Å². The van der Waals surface area contributed by atoms with Crippen LogP contribution in [0.25, 0.3) is 32.7 Å². The molecule has 0 bridgehead atoms. The van der Waals surface area contributed by atoms with Crippen molar-refractivity contribution in [1.82, 2.24) is 0 Å². The van der Waals surface area contributed by atoms with Gasteiger partial charge in [-0.3, -0.25) is 0 Å². The molecule has 0 nitrogen and oxygen atoms in total. The number of hydrogen-bond donors (Lipinski definition) is 0. The normalized spacial score (nSPS) is 15.2. The minimum absolute atomic E-state index is 1.19. The number of benzene rings is 5. The van der Waals surface area contributed by atoms with Crippen molar-refractivity contribution in [2.75, 3.05) is 0 Å². The Kier molecular flexibility index (Phi) is 4.91. The number of terminal acetylenes is 1. The van der Waals surface area contributed by atoms with Crippen LogP contribution < -0.4 is 0 Å². The first-order valence-corrected chi connectivity index (χ1v) is 13.2. The Bertz CT molecular complexity index is 1580. The third kappa shape index (κ3) is 2.76. The molecule has 0 radical (unpaired) electrons. The van der Waals surface area contributed by atoms with E-state index in [0.717, 1.165) is 0 Å². The Labute approximate surface area is 202 Å². The van der Waals surface area contributed by atoms with Gasteiger partial charge in [0.15, 0.2) is 0 Å². The zero-order chi connectivity index (χ0) is 23.1. The topological polar surface area (TPSA) is 0 Å². The maximum absolute atomic E-state index is 5.94. The van der Waals surface area contributed by atoms with E-state index >= 15 is 0 Å². The van der Waals surface area contributed by atoms with Crippen molar-refractivity contribution < 1.29 is 0 Å². The van der Waals surface area contributed by atoms with Gasteiger partial charge in [0.1, 0.15) is 0 Å². The third-order valence-corrected chi connectivity index (χ3v) is 10.6. The Morgan fingerprint density at radius 1 is 0.676 bits per heavy atom. The Hall–Kier alpha value is -3.99. The molecule has 0 saturated heterocycles. The van der Waals surface area contributed by atoms with Gasteiger partial charge in [-0.2, -0.15) is 0 Å². The second-order valence-electron chi connectivity index (χ2n) is 8.46. The predicted molar refractivity (Wildman–Crippen MR) is 147 cm³/mol. The molecule has 162 valence electrons. The van der Waals surface area contributed by atoms with Gasteiger partial charge in [-0.1, -0.05) is 96.9 Å². The number of hydrogen-bond acceptors (Lipinski definition) is 0. The van der Waals surface area contributed by atoms with Crippen LogP contribution in [0.2, 0.25) is 0 Å². The maximum atomic E-state index is 5.94. The van der Waals surface area contributed by atoms with Crippen LogP contribution in [0.15, 0.2) is 141 Å². The quantitative estimate of drug-likeness (QED) is 0.189. The lowest BCUT2D eigenvalue weighted by Crippen LogP contribution is -2.03. The summed E-state index contributed by atoms with van der Waals surface area (Å²) in [5.74, 6) is 2.87. The summed E-state index contributed by atoms with van der Waals surface area (Å²) in [6, 6.07) is 37.7. The molecule has 1 aliphatic rings. The lowest BCUT2D eigenvalue weighted by atomic mass is 9.94. The fourth-order valence-corrected chi connectivity index (χ4v) is 9.66. The summed E-state index contributed by atoms with van der Waals surface area (Å²) in [5, 5.41) is 5.11. The summed E-state index contributed by atoms with van der Waals surface area (Å²) >= 11 is 0. The third-order valence-electron chi connectivity index (χ3n) is 6.70. The van der Waals surface area contributed by atoms with Gasteiger partial charge in [0, 0.05) is 36.8 Å². The number of fused-ring (bicyclic) bond motifs is 7. The maximum Gasteiger partial charge on any atom is 0.0109 e. The zero-order valence-electron chi connectivity index (χ0n) is 19.0. The zero-order valence-corrected chi connectivity index (χ0v) is 19.8. The molecule has 1 heterocycles. The van der Waals surface area contributed by atoms with Crippen LogP contribution in [0.3, 0.4) is 0 Å². The van der Waals surface area contributed by atoms with Crippen molar-refractivity contribution in [3.63, 3.8) is 0 Å². The molecule has 0 unspecified atom stereocenters. The molecule has 1 aliphatic heterocycles. The van der Waals surface area contributed by atoms with Crippen LogP contribution in [0.5, 0.6) is 0 Å². The van der Waals surface area contributed by atoms with Gasteiger partial charge < -0.3 is 0 Å². The van der Waals surface area contributed by atoms with Crippen LogP contribution in [-0.4, -0.2) is 0 Å². The van der Waals surface area contributed by atoms with Crippen molar-refractivity contribution in [3.8, 4) is 23.5 Å². The highest BCUT2D eigenvalue weighted by Gasteiger charge is 2.43. The highest BCUT2D eigenvalue weighted by molar-refractivity contribution is 8.37. The van der Waals surface area contributed by atoms with E-state index in [1.165, 1.54) is 52.3 Å². The number of rotatable bonds is 3. The molecule has 5 aromatic carbocycles. The van der Waals surface area contributed by atoms with E-state index in [1.807, 2.05) is 6.08 Å². The molecule has 6 rings (SSSR count). The second kappa shape index (κ2) is 8.10. The summed E-state index contributed by atoms with van der Waals surface area (Å²) in [6.07, 6.45) is 12.2. The van der Waals surface area contributed by atoms with Gasteiger partial charge in [-0.05, 0) is 52.7 Å².